The molecule has 8 fully saturated rings. The number of carbonyl (C=O) groups is 1. The van der Waals surface area contributed by atoms with Crippen molar-refractivity contribution in [3.63, 3.8) is 0 Å². The number of fused-ring (bicyclic) bond motifs is 9. The lowest BCUT2D eigenvalue weighted by Gasteiger charge is -2.60. The lowest BCUT2D eigenvalue weighted by Crippen LogP contribution is -2.66. The highest BCUT2D eigenvalue weighted by Crippen LogP contribution is 2.68. The van der Waals surface area contributed by atoms with Crippen LogP contribution in [0.2, 0.25) is 0 Å². The SMILES string of the molecule is CCC(C)C1OC1C(C)C1CCC2C3=CC4OCC5OC(OC6C(OCC(O)C6O)OC6C(OC7CCC(C)(C3CCC21C)C4C7)OC(C(=O)O)C(O)C6O)C(O)C(O)C5O. The van der Waals surface area contributed by atoms with E-state index in [-0.39, 0.29) is 35.4 Å². The molecule has 5 saturated heterocycles. The Kier molecular flexibility index (Phi) is 12.3. The van der Waals surface area contributed by atoms with Gasteiger partial charge in [0.25, 0.3) is 0 Å². The maximum Gasteiger partial charge on any atom is 0.335 e. The van der Waals surface area contributed by atoms with Crippen LogP contribution in [0.3, 0.4) is 0 Å². The molecule has 0 aromatic rings. The summed E-state index contributed by atoms with van der Waals surface area (Å²) in [4.78, 5) is 12.3. The number of aliphatic carboxylic acids is 1. The van der Waals surface area contributed by atoms with Crippen molar-refractivity contribution >= 4 is 5.97 Å². The van der Waals surface area contributed by atoms with E-state index in [1.54, 1.807) is 0 Å². The number of carboxylic acid groups (broad SMARTS) is 1. The molecule has 9 rings (SSSR count). The van der Waals surface area contributed by atoms with Gasteiger partial charge in [0.2, 0.25) is 0 Å². The number of rotatable bonds is 5. The van der Waals surface area contributed by atoms with Crippen molar-refractivity contribution in [1.82, 2.24) is 0 Å². The topological polar surface area (TPSA) is 256 Å². The molecule has 0 amide bonds. The summed E-state index contributed by atoms with van der Waals surface area (Å²) in [6.07, 6.45) is -14.3. The van der Waals surface area contributed by atoms with Crippen LogP contribution in [0.5, 0.6) is 0 Å². The average molecular weight is 869 g/mol. The smallest absolute Gasteiger partial charge is 0.335 e. The minimum atomic E-state index is -1.95. The van der Waals surface area contributed by atoms with Gasteiger partial charge in [-0.3, -0.25) is 0 Å². The van der Waals surface area contributed by atoms with Gasteiger partial charge in [-0.05, 0) is 91.3 Å². The van der Waals surface area contributed by atoms with Crippen molar-refractivity contribution in [1.29, 1.82) is 0 Å². The third-order valence-electron chi connectivity index (χ3n) is 17.3. The van der Waals surface area contributed by atoms with E-state index in [1.807, 2.05) is 0 Å². The first kappa shape index (κ1) is 44.8. The first-order valence-electron chi connectivity index (χ1n) is 22.8. The van der Waals surface area contributed by atoms with Crippen LogP contribution in [-0.4, -0.2) is 170 Å². The van der Waals surface area contributed by atoms with Gasteiger partial charge in [0.05, 0.1) is 37.6 Å². The molecule has 5 aliphatic heterocycles. The van der Waals surface area contributed by atoms with E-state index in [9.17, 15) is 45.6 Å². The normalized spacial score (nSPS) is 55.7. The fourth-order valence-electron chi connectivity index (χ4n) is 13.4. The summed E-state index contributed by atoms with van der Waals surface area (Å²) < 4.78 is 49.6. The lowest BCUT2D eigenvalue weighted by atomic mass is 9.47. The van der Waals surface area contributed by atoms with Crippen LogP contribution in [0.1, 0.15) is 86.0 Å². The van der Waals surface area contributed by atoms with E-state index in [2.05, 4.69) is 40.7 Å². The highest BCUT2D eigenvalue weighted by Gasteiger charge is 2.63. The summed E-state index contributed by atoms with van der Waals surface area (Å²) in [6.45, 7) is 11.0. The van der Waals surface area contributed by atoms with Crippen molar-refractivity contribution in [3.05, 3.63) is 11.6 Å². The molecule has 26 unspecified atom stereocenters. The predicted molar refractivity (Wildman–Crippen MR) is 209 cm³/mol. The van der Waals surface area contributed by atoms with E-state index < -0.39 is 111 Å². The molecule has 17 nitrogen and oxygen atoms in total. The molecule has 4 aliphatic carbocycles. The molecule has 0 spiro atoms. The monoisotopic (exact) mass is 868 g/mol. The maximum absolute atomic E-state index is 12.3. The van der Waals surface area contributed by atoms with Gasteiger partial charge >= 0.3 is 5.97 Å². The number of carboxylic acids is 1. The van der Waals surface area contributed by atoms with E-state index in [1.165, 1.54) is 5.57 Å². The number of ether oxygens (including phenoxy) is 8. The van der Waals surface area contributed by atoms with Crippen LogP contribution < -0.4 is 0 Å². The number of hydrogen-bond acceptors (Lipinski definition) is 16. The molecule has 26 atom stereocenters. The van der Waals surface area contributed by atoms with E-state index in [4.69, 9.17) is 37.9 Å². The molecule has 17 heteroatoms. The Morgan fingerprint density at radius 1 is 0.705 bits per heavy atom. The van der Waals surface area contributed by atoms with Gasteiger partial charge in [-0.25, -0.2) is 4.79 Å². The van der Waals surface area contributed by atoms with Gasteiger partial charge in [-0.15, -0.1) is 0 Å². The second kappa shape index (κ2) is 16.8. The van der Waals surface area contributed by atoms with Gasteiger partial charge in [-0.1, -0.05) is 52.7 Å². The minimum absolute atomic E-state index is 0.0707. The van der Waals surface area contributed by atoms with Gasteiger partial charge < -0.3 is 78.7 Å². The molecule has 8 N–H and O–H groups in total. The third kappa shape index (κ3) is 7.56. The van der Waals surface area contributed by atoms with E-state index in [0.717, 1.165) is 38.5 Å². The molecular weight excluding hydrogens is 800 g/mol. The van der Waals surface area contributed by atoms with Gasteiger partial charge in [0.15, 0.2) is 25.0 Å². The summed E-state index contributed by atoms with van der Waals surface area (Å²) in [5.74, 6) is 0.416. The maximum atomic E-state index is 12.3. The lowest BCUT2D eigenvalue weighted by molar-refractivity contribution is -0.386. The molecule has 0 aromatic heterocycles. The summed E-state index contributed by atoms with van der Waals surface area (Å²) in [5.41, 5.74) is 1.23. The van der Waals surface area contributed by atoms with Crippen molar-refractivity contribution in [2.24, 2.45) is 46.3 Å². The van der Waals surface area contributed by atoms with Crippen LogP contribution in [0.25, 0.3) is 0 Å². The van der Waals surface area contributed by atoms with Crippen LogP contribution in [0, 0.1) is 46.3 Å². The molecule has 3 saturated carbocycles. The van der Waals surface area contributed by atoms with Crippen LogP contribution in [-0.2, 0) is 42.7 Å². The van der Waals surface area contributed by atoms with Crippen molar-refractivity contribution < 1.29 is 83.5 Å². The molecule has 0 radical (unpaired) electrons. The number of epoxide rings is 1. The van der Waals surface area contributed by atoms with Crippen molar-refractivity contribution in [2.45, 2.75) is 196 Å². The van der Waals surface area contributed by atoms with E-state index in [0.29, 0.717) is 42.6 Å². The molecule has 0 aromatic carbocycles. The largest absolute Gasteiger partial charge is 0.479 e. The van der Waals surface area contributed by atoms with Crippen LogP contribution in [0.4, 0.5) is 0 Å². The zero-order valence-corrected chi connectivity index (χ0v) is 35.8. The van der Waals surface area contributed by atoms with Gasteiger partial charge in [-0.2, -0.15) is 0 Å². The molecule has 61 heavy (non-hydrogen) atoms. The summed E-state index contributed by atoms with van der Waals surface area (Å²) in [6, 6.07) is 0. The van der Waals surface area contributed by atoms with Crippen molar-refractivity contribution in [2.75, 3.05) is 13.2 Å². The first-order chi connectivity index (χ1) is 29.0. The van der Waals surface area contributed by atoms with Crippen LogP contribution in [0.15, 0.2) is 11.6 Å². The Balaban J connectivity index is 1.06. The zero-order chi connectivity index (χ0) is 43.4. The number of aliphatic hydroxyl groups is 7. The van der Waals surface area contributed by atoms with Crippen LogP contribution >= 0.6 is 0 Å². The second-order valence-corrected chi connectivity index (χ2v) is 20.5. The standard InChI is InChI=1S/C44H68O17/c1-6-17(2)34-35(58-34)18(3)21-7-8-22-20-14-26-24-13-19(9-11-44(24,5)23(20)10-12-43(21,22)4)56-42-38(32(50)31(49)36(59-42)39(52)53)61-41-37(28(46)25(45)15-55-41)60-40-33(51)30(48)29(47)27(57-40)16-54-26/h14,17-19,21-38,40-42,45-51H,6-13,15-16H2,1-5H3,(H,52,53). The molecule has 5 heterocycles. The Labute approximate surface area is 356 Å². The Morgan fingerprint density at radius 3 is 2.15 bits per heavy atom. The fourth-order valence-corrected chi connectivity index (χ4v) is 13.4. The molecular formula is C44H68O17. The van der Waals surface area contributed by atoms with E-state index >= 15 is 0 Å². The van der Waals surface area contributed by atoms with Crippen molar-refractivity contribution in [3.8, 4) is 0 Å². The Morgan fingerprint density at radius 2 is 1.41 bits per heavy atom. The molecule has 4 bridgehead atoms. The molecule has 346 valence electrons. The van der Waals surface area contributed by atoms with Gasteiger partial charge in [0.1, 0.15) is 61.0 Å². The first-order valence-corrected chi connectivity index (χ1v) is 22.8. The fraction of sp³-hybridized carbons (Fsp3) is 0.932. The highest BCUT2D eigenvalue weighted by molar-refractivity contribution is 5.73. The van der Waals surface area contributed by atoms with Gasteiger partial charge in [0, 0.05) is 0 Å². The predicted octanol–water partition coefficient (Wildman–Crippen LogP) is 0.596. The summed E-state index contributed by atoms with van der Waals surface area (Å²) >= 11 is 0. The quantitative estimate of drug-likeness (QED) is 0.139. The molecule has 9 aliphatic rings. The minimum Gasteiger partial charge on any atom is -0.479 e. The average Bonchev–Trinajstić information content (AvgIpc) is 3.96. The Bertz CT molecular complexity index is 1630. The number of aliphatic hydroxyl groups excluding tert-OH is 7. The second-order valence-electron chi connectivity index (χ2n) is 20.5. The Hall–Kier alpha value is -1.39. The number of allylic oxidation sites excluding steroid dienone is 1. The number of hydrogen-bond donors (Lipinski definition) is 8. The summed E-state index contributed by atoms with van der Waals surface area (Å²) in [5, 5.41) is 87.5. The zero-order valence-electron chi connectivity index (χ0n) is 35.8. The highest BCUT2D eigenvalue weighted by atomic mass is 16.8. The summed E-state index contributed by atoms with van der Waals surface area (Å²) in [7, 11) is 0. The third-order valence-corrected chi connectivity index (χ3v) is 17.3.